The summed E-state index contributed by atoms with van der Waals surface area (Å²) in [5.74, 6) is -1.74. The van der Waals surface area contributed by atoms with Gasteiger partial charge in [0.05, 0.1) is 11.6 Å². The molecule has 2 aromatic rings. The maximum atomic E-state index is 13.3. The minimum Gasteiger partial charge on any atom is -0.481 e. The number of benzene rings is 2. The Morgan fingerprint density at radius 3 is 2.37 bits per heavy atom. The number of likely N-dealkylation sites (tertiary alicyclic amines) is 1. The van der Waals surface area contributed by atoms with Crippen molar-refractivity contribution in [1.29, 1.82) is 0 Å². The SMILES string of the molecule is Cl.O=C(O)[C@@H]1CCCN(CCON=C(Cc2ccc(F)cc2)c2ccc(F)cc2)C1. The third-order valence-corrected chi connectivity index (χ3v) is 4.99. The summed E-state index contributed by atoms with van der Waals surface area (Å²) < 4.78 is 26.4. The number of aliphatic carboxylic acids is 1. The molecule has 0 saturated carbocycles. The Kier molecular flexibility index (Phi) is 9.20. The smallest absolute Gasteiger partial charge is 0.307 e. The highest BCUT2D eigenvalue weighted by atomic mass is 35.5. The van der Waals surface area contributed by atoms with Gasteiger partial charge in [0, 0.05) is 19.5 Å². The Morgan fingerprint density at radius 2 is 1.73 bits per heavy atom. The molecule has 0 aliphatic carbocycles. The molecule has 1 aliphatic rings. The first-order chi connectivity index (χ1) is 14.0. The molecule has 0 spiro atoms. The van der Waals surface area contributed by atoms with E-state index in [1.807, 2.05) is 0 Å². The molecular formula is C22H25ClF2N2O3. The summed E-state index contributed by atoms with van der Waals surface area (Å²) in [7, 11) is 0. The van der Waals surface area contributed by atoms with Crippen LogP contribution in [0.3, 0.4) is 0 Å². The number of carboxylic acid groups (broad SMARTS) is 1. The predicted molar refractivity (Wildman–Crippen MR) is 113 cm³/mol. The fourth-order valence-corrected chi connectivity index (χ4v) is 3.38. The standard InChI is InChI=1S/C22H24F2N2O3.ClH/c23-19-7-3-16(4-8-19)14-21(17-5-9-20(24)10-6-17)25-29-13-12-26-11-1-2-18(15-26)22(27)28;/h3-10,18H,1-2,11-15H2,(H,27,28);1H/t18-;/m1./s1. The molecule has 8 heteroatoms. The van der Waals surface area contributed by atoms with Gasteiger partial charge in [-0.15, -0.1) is 12.4 Å². The molecule has 0 amide bonds. The number of hydrogen-bond donors (Lipinski definition) is 1. The lowest BCUT2D eigenvalue weighted by Gasteiger charge is -2.29. The van der Waals surface area contributed by atoms with E-state index in [1.165, 1.54) is 24.3 Å². The zero-order valence-corrected chi connectivity index (χ0v) is 17.3. The number of piperidine rings is 1. The summed E-state index contributed by atoms with van der Waals surface area (Å²) in [5.41, 5.74) is 2.19. The van der Waals surface area contributed by atoms with Crippen LogP contribution in [0.25, 0.3) is 0 Å². The molecule has 0 radical (unpaired) electrons. The maximum absolute atomic E-state index is 13.3. The van der Waals surface area contributed by atoms with Gasteiger partial charge in [0.25, 0.3) is 0 Å². The number of halogens is 3. The van der Waals surface area contributed by atoms with E-state index in [2.05, 4.69) is 10.1 Å². The topological polar surface area (TPSA) is 62.1 Å². The van der Waals surface area contributed by atoms with Crippen LogP contribution in [0.2, 0.25) is 0 Å². The fourth-order valence-electron chi connectivity index (χ4n) is 3.38. The minimum atomic E-state index is -0.758. The van der Waals surface area contributed by atoms with Crippen LogP contribution in [0.1, 0.15) is 24.0 Å². The van der Waals surface area contributed by atoms with Gasteiger partial charge in [-0.3, -0.25) is 9.69 Å². The second-order valence-corrected chi connectivity index (χ2v) is 7.16. The van der Waals surface area contributed by atoms with E-state index in [4.69, 9.17) is 4.84 Å². The largest absolute Gasteiger partial charge is 0.481 e. The lowest BCUT2D eigenvalue weighted by molar-refractivity contribution is -0.143. The van der Waals surface area contributed by atoms with Crippen LogP contribution in [0, 0.1) is 17.6 Å². The predicted octanol–water partition coefficient (Wildman–Crippen LogP) is 4.15. The van der Waals surface area contributed by atoms with E-state index >= 15 is 0 Å². The van der Waals surface area contributed by atoms with Gasteiger partial charge in [-0.2, -0.15) is 0 Å². The quantitative estimate of drug-likeness (QED) is 0.382. The van der Waals surface area contributed by atoms with Crippen LogP contribution in [0.4, 0.5) is 8.78 Å². The molecule has 5 nitrogen and oxygen atoms in total. The zero-order chi connectivity index (χ0) is 20.6. The molecule has 0 bridgehead atoms. The first-order valence-electron chi connectivity index (χ1n) is 9.65. The van der Waals surface area contributed by atoms with Crippen LogP contribution < -0.4 is 0 Å². The number of nitrogens with zero attached hydrogens (tertiary/aromatic N) is 2. The van der Waals surface area contributed by atoms with Crippen molar-refractivity contribution in [3.05, 3.63) is 71.3 Å². The molecule has 3 rings (SSSR count). The molecular weight excluding hydrogens is 414 g/mol. The highest BCUT2D eigenvalue weighted by molar-refractivity contribution is 6.01. The summed E-state index contributed by atoms with van der Waals surface area (Å²) >= 11 is 0. The van der Waals surface area contributed by atoms with Crippen molar-refractivity contribution in [3.63, 3.8) is 0 Å². The molecule has 1 saturated heterocycles. The highest BCUT2D eigenvalue weighted by Crippen LogP contribution is 2.16. The summed E-state index contributed by atoms with van der Waals surface area (Å²) in [4.78, 5) is 18.7. The third kappa shape index (κ3) is 7.07. The maximum Gasteiger partial charge on any atom is 0.307 e. The molecule has 1 fully saturated rings. The van der Waals surface area contributed by atoms with Gasteiger partial charge in [-0.05, 0) is 54.8 Å². The number of rotatable bonds is 8. The summed E-state index contributed by atoms with van der Waals surface area (Å²) in [5, 5.41) is 13.4. The van der Waals surface area contributed by atoms with Crippen LogP contribution >= 0.6 is 12.4 Å². The van der Waals surface area contributed by atoms with Crippen molar-refractivity contribution < 1.29 is 23.5 Å². The van der Waals surface area contributed by atoms with Crippen LogP contribution in [0.5, 0.6) is 0 Å². The van der Waals surface area contributed by atoms with Crippen molar-refractivity contribution in [3.8, 4) is 0 Å². The molecule has 0 unspecified atom stereocenters. The summed E-state index contributed by atoms with van der Waals surface area (Å²) in [6, 6.07) is 12.1. The van der Waals surface area contributed by atoms with Crippen LogP contribution in [-0.4, -0.2) is 47.9 Å². The van der Waals surface area contributed by atoms with E-state index in [-0.39, 0.29) is 30.0 Å². The monoisotopic (exact) mass is 438 g/mol. The number of hydrogen-bond acceptors (Lipinski definition) is 4. The van der Waals surface area contributed by atoms with Crippen LogP contribution in [0.15, 0.2) is 53.7 Å². The number of carbonyl (C=O) groups is 1. The van der Waals surface area contributed by atoms with Gasteiger partial charge in [-0.25, -0.2) is 8.78 Å². The molecule has 1 N–H and O–H groups in total. The number of carboxylic acids is 1. The van der Waals surface area contributed by atoms with E-state index in [9.17, 15) is 18.7 Å². The van der Waals surface area contributed by atoms with Crippen molar-refractivity contribution in [2.24, 2.45) is 11.1 Å². The molecule has 30 heavy (non-hydrogen) atoms. The van der Waals surface area contributed by atoms with Crippen molar-refractivity contribution in [2.75, 3.05) is 26.2 Å². The molecule has 1 atom stereocenters. The second kappa shape index (κ2) is 11.6. The highest BCUT2D eigenvalue weighted by Gasteiger charge is 2.24. The Hall–Kier alpha value is -2.51. The Morgan fingerprint density at radius 1 is 1.10 bits per heavy atom. The third-order valence-electron chi connectivity index (χ3n) is 4.99. The van der Waals surface area contributed by atoms with Gasteiger partial charge < -0.3 is 9.94 Å². The van der Waals surface area contributed by atoms with Crippen LogP contribution in [-0.2, 0) is 16.1 Å². The Balaban J connectivity index is 0.00000320. The molecule has 2 aromatic carbocycles. The first-order valence-corrected chi connectivity index (χ1v) is 9.65. The molecule has 1 heterocycles. The molecule has 0 aromatic heterocycles. The van der Waals surface area contributed by atoms with Crippen molar-refractivity contribution in [1.82, 2.24) is 4.90 Å². The van der Waals surface area contributed by atoms with Gasteiger partial charge in [0.15, 0.2) is 0 Å². The zero-order valence-electron chi connectivity index (χ0n) is 16.5. The Labute approximate surface area is 180 Å². The average molecular weight is 439 g/mol. The van der Waals surface area contributed by atoms with Crippen molar-refractivity contribution >= 4 is 24.1 Å². The first kappa shape index (κ1) is 23.8. The van der Waals surface area contributed by atoms with E-state index in [0.29, 0.717) is 38.2 Å². The van der Waals surface area contributed by atoms with E-state index in [0.717, 1.165) is 24.1 Å². The van der Waals surface area contributed by atoms with E-state index < -0.39 is 5.97 Å². The van der Waals surface area contributed by atoms with Gasteiger partial charge >= 0.3 is 5.97 Å². The number of oxime groups is 1. The summed E-state index contributed by atoms with van der Waals surface area (Å²) in [6.07, 6.45) is 1.97. The lowest BCUT2D eigenvalue weighted by Crippen LogP contribution is -2.40. The second-order valence-electron chi connectivity index (χ2n) is 7.16. The molecule has 1 aliphatic heterocycles. The van der Waals surface area contributed by atoms with Gasteiger partial charge in [0.2, 0.25) is 0 Å². The normalized spacial score (nSPS) is 17.3. The average Bonchev–Trinajstić information content (AvgIpc) is 2.72. The lowest BCUT2D eigenvalue weighted by atomic mass is 9.98. The van der Waals surface area contributed by atoms with Gasteiger partial charge in [0.1, 0.15) is 18.2 Å². The van der Waals surface area contributed by atoms with Crippen molar-refractivity contribution in [2.45, 2.75) is 19.3 Å². The fraction of sp³-hybridized carbons (Fsp3) is 0.364. The Bertz CT molecular complexity index is 844. The van der Waals surface area contributed by atoms with Gasteiger partial charge in [-0.1, -0.05) is 29.4 Å². The molecule has 162 valence electrons. The minimum absolute atomic E-state index is 0. The van der Waals surface area contributed by atoms with E-state index in [1.54, 1.807) is 24.3 Å². The summed E-state index contributed by atoms with van der Waals surface area (Å²) in [6.45, 7) is 2.26.